The van der Waals surface area contributed by atoms with Gasteiger partial charge < -0.3 is 15.6 Å². The van der Waals surface area contributed by atoms with Crippen molar-refractivity contribution < 1.29 is 9.84 Å². The van der Waals surface area contributed by atoms with Crippen molar-refractivity contribution >= 4 is 5.84 Å². The van der Waals surface area contributed by atoms with E-state index in [4.69, 9.17) is 15.9 Å². The summed E-state index contributed by atoms with van der Waals surface area (Å²) in [6.07, 6.45) is 1.40. The summed E-state index contributed by atoms with van der Waals surface area (Å²) in [5.41, 5.74) is 4.82. The van der Waals surface area contributed by atoms with Crippen LogP contribution in [0, 0.1) is 5.41 Å². The Kier molecular flexibility index (Phi) is 6.36. The highest BCUT2D eigenvalue weighted by atomic mass is 16.5. The highest BCUT2D eigenvalue weighted by molar-refractivity contribution is 5.96. The standard InChI is InChI=1S/C22H24N4O4/c1-2-3-12-25-20(27)18(19(23)24)21(28)26(22(25)29)16-10-7-11-17(13-16)30-14-15-8-5-4-6-9-15/h4-11,13,27H,2-3,12,14H2,1H3,(H3,23,24). The zero-order valence-electron chi connectivity index (χ0n) is 16.7. The van der Waals surface area contributed by atoms with Crippen molar-refractivity contribution in [2.24, 2.45) is 5.73 Å². The van der Waals surface area contributed by atoms with E-state index in [2.05, 4.69) is 0 Å². The minimum atomic E-state index is -0.849. The van der Waals surface area contributed by atoms with Crippen molar-refractivity contribution in [3.05, 3.63) is 86.6 Å². The molecule has 4 N–H and O–H groups in total. The number of nitrogens with zero attached hydrogens (tertiary/aromatic N) is 2. The van der Waals surface area contributed by atoms with E-state index in [1.54, 1.807) is 24.3 Å². The molecule has 0 saturated carbocycles. The number of nitrogen functional groups attached to an aromatic ring is 1. The summed E-state index contributed by atoms with van der Waals surface area (Å²) in [5, 5.41) is 18.1. The summed E-state index contributed by atoms with van der Waals surface area (Å²) in [5.74, 6) is -0.716. The number of ether oxygens (including phenoxy) is 1. The molecule has 0 bridgehead atoms. The molecule has 0 fully saturated rings. The van der Waals surface area contributed by atoms with E-state index in [1.165, 1.54) is 0 Å². The van der Waals surface area contributed by atoms with Gasteiger partial charge in [0.05, 0.1) is 5.69 Å². The first-order chi connectivity index (χ1) is 14.4. The van der Waals surface area contributed by atoms with E-state index in [1.807, 2.05) is 37.3 Å². The van der Waals surface area contributed by atoms with Crippen LogP contribution < -0.4 is 21.7 Å². The van der Waals surface area contributed by atoms with Crippen LogP contribution in [-0.2, 0) is 13.2 Å². The largest absolute Gasteiger partial charge is 0.494 e. The second-order valence-electron chi connectivity index (χ2n) is 6.81. The first kappa shape index (κ1) is 20.9. The molecule has 8 heteroatoms. The lowest BCUT2D eigenvalue weighted by atomic mass is 10.2. The van der Waals surface area contributed by atoms with Gasteiger partial charge in [0.25, 0.3) is 5.56 Å². The molecular formula is C22H24N4O4. The second-order valence-corrected chi connectivity index (χ2v) is 6.81. The van der Waals surface area contributed by atoms with Gasteiger partial charge in [0.15, 0.2) is 0 Å². The Morgan fingerprint density at radius 1 is 1.13 bits per heavy atom. The van der Waals surface area contributed by atoms with Gasteiger partial charge >= 0.3 is 5.69 Å². The average Bonchev–Trinajstić information content (AvgIpc) is 2.73. The number of hydrogen-bond acceptors (Lipinski definition) is 5. The fraction of sp³-hybridized carbons (Fsp3) is 0.227. The molecule has 2 aromatic carbocycles. The average molecular weight is 408 g/mol. The Balaban J connectivity index is 2.06. The molecule has 0 spiro atoms. The van der Waals surface area contributed by atoms with Crippen molar-refractivity contribution in [2.45, 2.75) is 32.9 Å². The number of rotatable bonds is 8. The van der Waals surface area contributed by atoms with Crippen molar-refractivity contribution in [3.8, 4) is 17.3 Å². The van der Waals surface area contributed by atoms with Gasteiger partial charge in [-0.2, -0.15) is 0 Å². The van der Waals surface area contributed by atoms with Crippen LogP contribution >= 0.6 is 0 Å². The lowest BCUT2D eigenvalue weighted by Gasteiger charge is -2.15. The molecule has 0 aliphatic heterocycles. The normalized spacial score (nSPS) is 10.7. The highest BCUT2D eigenvalue weighted by Crippen LogP contribution is 2.18. The van der Waals surface area contributed by atoms with Gasteiger partial charge in [0.2, 0.25) is 5.88 Å². The van der Waals surface area contributed by atoms with Gasteiger partial charge in [-0.05, 0) is 24.1 Å². The highest BCUT2D eigenvalue weighted by Gasteiger charge is 2.21. The Hall–Kier alpha value is -3.81. The van der Waals surface area contributed by atoms with Crippen LogP contribution in [0.3, 0.4) is 0 Å². The number of benzene rings is 2. The SMILES string of the molecule is CCCCn1c(O)c(C(=N)N)c(=O)n(-c2cccc(OCc3ccccc3)c2)c1=O. The predicted molar refractivity (Wildman–Crippen MR) is 115 cm³/mol. The van der Waals surface area contributed by atoms with Crippen LogP contribution in [0.15, 0.2) is 64.2 Å². The first-order valence-corrected chi connectivity index (χ1v) is 9.64. The van der Waals surface area contributed by atoms with Gasteiger partial charge in [-0.3, -0.25) is 14.8 Å². The fourth-order valence-electron chi connectivity index (χ4n) is 3.07. The zero-order valence-corrected chi connectivity index (χ0v) is 16.7. The summed E-state index contributed by atoms with van der Waals surface area (Å²) in [7, 11) is 0. The summed E-state index contributed by atoms with van der Waals surface area (Å²) in [6.45, 7) is 2.47. The minimum Gasteiger partial charge on any atom is -0.494 e. The van der Waals surface area contributed by atoms with E-state index < -0.39 is 28.5 Å². The molecular weight excluding hydrogens is 384 g/mol. The third-order valence-corrected chi connectivity index (χ3v) is 4.65. The molecule has 3 rings (SSSR count). The molecule has 0 aliphatic rings. The molecule has 156 valence electrons. The molecule has 1 aromatic heterocycles. The summed E-state index contributed by atoms with van der Waals surface area (Å²) < 4.78 is 7.76. The molecule has 0 saturated heterocycles. The molecule has 3 aromatic rings. The van der Waals surface area contributed by atoms with Crippen LogP contribution in [0.1, 0.15) is 30.9 Å². The Labute approximate surface area is 173 Å². The number of amidine groups is 1. The van der Waals surface area contributed by atoms with Crippen LogP contribution in [0.4, 0.5) is 0 Å². The van der Waals surface area contributed by atoms with Crippen LogP contribution in [0.5, 0.6) is 11.6 Å². The first-order valence-electron chi connectivity index (χ1n) is 9.64. The van der Waals surface area contributed by atoms with Gasteiger partial charge in [-0.25, -0.2) is 9.36 Å². The van der Waals surface area contributed by atoms with E-state index in [0.717, 1.165) is 21.1 Å². The van der Waals surface area contributed by atoms with E-state index in [9.17, 15) is 14.7 Å². The lowest BCUT2D eigenvalue weighted by Crippen LogP contribution is -2.42. The zero-order chi connectivity index (χ0) is 21.7. The molecule has 0 aliphatic carbocycles. The maximum Gasteiger partial charge on any atom is 0.338 e. The van der Waals surface area contributed by atoms with Gasteiger partial charge in [0.1, 0.15) is 23.8 Å². The summed E-state index contributed by atoms with van der Waals surface area (Å²) >= 11 is 0. The molecule has 8 nitrogen and oxygen atoms in total. The monoisotopic (exact) mass is 408 g/mol. The second kappa shape index (κ2) is 9.13. The number of hydrogen-bond donors (Lipinski definition) is 3. The minimum absolute atomic E-state index is 0.200. The number of nitrogens with two attached hydrogens (primary N) is 1. The maximum absolute atomic E-state index is 13.0. The van der Waals surface area contributed by atoms with Crippen molar-refractivity contribution in [3.63, 3.8) is 0 Å². The molecule has 0 amide bonds. The molecule has 30 heavy (non-hydrogen) atoms. The maximum atomic E-state index is 13.0. The van der Waals surface area contributed by atoms with Crippen LogP contribution in [0.25, 0.3) is 5.69 Å². The molecule has 0 atom stereocenters. The molecule has 1 heterocycles. The number of aromatic hydroxyl groups is 1. The fourth-order valence-corrected chi connectivity index (χ4v) is 3.07. The summed E-state index contributed by atoms with van der Waals surface area (Å²) in [4.78, 5) is 25.9. The van der Waals surface area contributed by atoms with E-state index in [0.29, 0.717) is 18.8 Å². The Morgan fingerprint density at radius 2 is 1.87 bits per heavy atom. The topological polar surface area (TPSA) is 123 Å². The van der Waals surface area contributed by atoms with Crippen LogP contribution in [0.2, 0.25) is 0 Å². The van der Waals surface area contributed by atoms with Crippen molar-refractivity contribution in [1.29, 1.82) is 5.41 Å². The summed E-state index contributed by atoms with van der Waals surface area (Å²) in [6, 6.07) is 16.1. The molecule has 0 radical (unpaired) electrons. The smallest absolute Gasteiger partial charge is 0.338 e. The van der Waals surface area contributed by atoms with E-state index in [-0.39, 0.29) is 12.2 Å². The van der Waals surface area contributed by atoms with E-state index >= 15 is 0 Å². The predicted octanol–water partition coefficient (Wildman–Crippen LogP) is 2.37. The number of aromatic nitrogens is 2. The third kappa shape index (κ3) is 4.27. The van der Waals surface area contributed by atoms with Crippen LogP contribution in [-0.4, -0.2) is 20.1 Å². The molecule has 0 unspecified atom stereocenters. The number of nitrogens with one attached hydrogen (secondary N) is 1. The van der Waals surface area contributed by atoms with Gasteiger partial charge in [-0.1, -0.05) is 49.7 Å². The number of unbranched alkanes of at least 4 members (excludes halogenated alkanes) is 1. The third-order valence-electron chi connectivity index (χ3n) is 4.65. The van der Waals surface area contributed by atoms with Gasteiger partial charge in [0, 0.05) is 12.6 Å². The Bertz CT molecular complexity index is 1170. The quantitative estimate of drug-likeness (QED) is 0.390. The van der Waals surface area contributed by atoms with Crippen molar-refractivity contribution in [1.82, 2.24) is 9.13 Å². The Morgan fingerprint density at radius 3 is 2.53 bits per heavy atom. The lowest BCUT2D eigenvalue weighted by molar-refractivity contribution is 0.306. The van der Waals surface area contributed by atoms with Crippen molar-refractivity contribution in [2.75, 3.05) is 0 Å². The van der Waals surface area contributed by atoms with Gasteiger partial charge in [-0.15, -0.1) is 0 Å².